The lowest BCUT2D eigenvalue weighted by Crippen LogP contribution is -1.96. The van der Waals surface area contributed by atoms with E-state index < -0.39 is 6.67 Å². The SMILES string of the molecule is [CH2]C(CF)c1cc(C)cc(Cl)c1. The number of aryl methyl sites for hydroxylation is 1. The zero-order valence-electron chi connectivity index (χ0n) is 6.98. The molecule has 1 rings (SSSR count). The predicted octanol–water partition coefficient (Wildman–Crippen LogP) is 3.54. The number of hydrogen-bond donors (Lipinski definition) is 0. The fourth-order valence-corrected chi connectivity index (χ4v) is 1.39. The Hall–Kier alpha value is -0.560. The van der Waals surface area contributed by atoms with Crippen LogP contribution in [0.3, 0.4) is 0 Å². The van der Waals surface area contributed by atoms with E-state index in [1.165, 1.54) is 0 Å². The summed E-state index contributed by atoms with van der Waals surface area (Å²) in [5.41, 5.74) is 1.90. The van der Waals surface area contributed by atoms with E-state index in [2.05, 4.69) is 6.92 Å². The Balaban J connectivity index is 3.00. The van der Waals surface area contributed by atoms with E-state index in [0.717, 1.165) is 11.1 Å². The third-order valence-corrected chi connectivity index (χ3v) is 1.94. The van der Waals surface area contributed by atoms with Crippen LogP contribution in [0.15, 0.2) is 18.2 Å². The van der Waals surface area contributed by atoms with Crippen LogP contribution in [0.4, 0.5) is 4.39 Å². The molecule has 0 amide bonds. The summed E-state index contributed by atoms with van der Waals surface area (Å²) in [7, 11) is 0. The zero-order chi connectivity index (χ0) is 9.14. The minimum absolute atomic E-state index is 0.303. The topological polar surface area (TPSA) is 0 Å². The van der Waals surface area contributed by atoms with Crippen molar-refractivity contribution in [2.75, 3.05) is 6.67 Å². The molecule has 0 aliphatic carbocycles. The van der Waals surface area contributed by atoms with E-state index in [1.54, 1.807) is 6.07 Å². The van der Waals surface area contributed by atoms with Crippen molar-refractivity contribution in [1.29, 1.82) is 0 Å². The van der Waals surface area contributed by atoms with Crippen molar-refractivity contribution in [3.8, 4) is 0 Å². The Bertz CT molecular complexity index is 250. The quantitative estimate of drug-likeness (QED) is 0.661. The molecule has 12 heavy (non-hydrogen) atoms. The molecule has 0 aliphatic heterocycles. The van der Waals surface area contributed by atoms with Crippen molar-refractivity contribution in [3.05, 3.63) is 41.3 Å². The summed E-state index contributed by atoms with van der Waals surface area (Å²) in [6.07, 6.45) is 0. The summed E-state index contributed by atoms with van der Waals surface area (Å²) in [5, 5.41) is 0.645. The highest BCUT2D eigenvalue weighted by atomic mass is 35.5. The van der Waals surface area contributed by atoms with Gasteiger partial charge in [0.05, 0.1) is 6.67 Å². The van der Waals surface area contributed by atoms with Gasteiger partial charge in [-0.05, 0) is 37.1 Å². The second kappa shape index (κ2) is 3.90. The number of halogens is 2. The summed E-state index contributed by atoms with van der Waals surface area (Å²) >= 11 is 5.80. The molecule has 0 fully saturated rings. The lowest BCUT2D eigenvalue weighted by molar-refractivity contribution is 0.465. The molecular weight excluding hydrogens is 175 g/mol. The summed E-state index contributed by atoms with van der Waals surface area (Å²) in [5.74, 6) is -0.303. The first-order chi connectivity index (χ1) is 5.63. The van der Waals surface area contributed by atoms with Gasteiger partial charge in [-0.3, -0.25) is 4.39 Å². The van der Waals surface area contributed by atoms with Crippen LogP contribution in [0.2, 0.25) is 5.02 Å². The number of rotatable bonds is 2. The number of hydrogen-bond acceptors (Lipinski definition) is 0. The van der Waals surface area contributed by atoms with Crippen molar-refractivity contribution >= 4 is 11.6 Å². The molecule has 0 bridgehead atoms. The average molecular weight is 186 g/mol. The molecule has 1 aromatic rings. The summed E-state index contributed by atoms with van der Waals surface area (Å²) < 4.78 is 12.2. The van der Waals surface area contributed by atoms with Gasteiger partial charge < -0.3 is 0 Å². The number of benzene rings is 1. The van der Waals surface area contributed by atoms with Crippen LogP contribution in [0, 0.1) is 13.8 Å². The van der Waals surface area contributed by atoms with Crippen molar-refractivity contribution < 1.29 is 4.39 Å². The molecule has 1 unspecified atom stereocenters. The highest BCUT2D eigenvalue weighted by Gasteiger charge is 2.05. The molecule has 0 N–H and O–H groups in total. The van der Waals surface area contributed by atoms with Crippen molar-refractivity contribution in [3.63, 3.8) is 0 Å². The van der Waals surface area contributed by atoms with Gasteiger partial charge in [0.2, 0.25) is 0 Å². The van der Waals surface area contributed by atoms with E-state index in [1.807, 2.05) is 19.1 Å². The maximum atomic E-state index is 12.2. The van der Waals surface area contributed by atoms with E-state index in [9.17, 15) is 4.39 Å². The smallest absolute Gasteiger partial charge is 0.0962 e. The monoisotopic (exact) mass is 185 g/mol. The van der Waals surface area contributed by atoms with Gasteiger partial charge in [-0.15, -0.1) is 0 Å². The third kappa shape index (κ3) is 2.21. The first-order valence-electron chi connectivity index (χ1n) is 3.79. The van der Waals surface area contributed by atoms with Gasteiger partial charge >= 0.3 is 0 Å². The Kier molecular flexibility index (Phi) is 3.10. The molecule has 65 valence electrons. The van der Waals surface area contributed by atoms with E-state index in [-0.39, 0.29) is 5.92 Å². The van der Waals surface area contributed by atoms with Crippen LogP contribution < -0.4 is 0 Å². The highest BCUT2D eigenvalue weighted by Crippen LogP contribution is 2.21. The van der Waals surface area contributed by atoms with Gasteiger partial charge in [-0.25, -0.2) is 0 Å². The van der Waals surface area contributed by atoms with Gasteiger partial charge in [0.25, 0.3) is 0 Å². The maximum Gasteiger partial charge on any atom is 0.0962 e. The Morgan fingerprint density at radius 1 is 1.50 bits per heavy atom. The van der Waals surface area contributed by atoms with Gasteiger partial charge in [-0.2, -0.15) is 0 Å². The lowest BCUT2D eigenvalue weighted by Gasteiger charge is -2.08. The predicted molar refractivity (Wildman–Crippen MR) is 50.3 cm³/mol. The van der Waals surface area contributed by atoms with Crippen LogP contribution >= 0.6 is 11.6 Å². The lowest BCUT2D eigenvalue weighted by atomic mass is 10.0. The first-order valence-corrected chi connectivity index (χ1v) is 4.17. The first kappa shape index (κ1) is 9.53. The summed E-state index contributed by atoms with van der Waals surface area (Å²) in [6.45, 7) is 5.16. The van der Waals surface area contributed by atoms with E-state index >= 15 is 0 Å². The van der Waals surface area contributed by atoms with Crippen LogP contribution in [0.5, 0.6) is 0 Å². The normalized spacial score (nSPS) is 13.0. The van der Waals surface area contributed by atoms with Crippen molar-refractivity contribution in [1.82, 2.24) is 0 Å². The van der Waals surface area contributed by atoms with Crippen molar-refractivity contribution in [2.24, 2.45) is 0 Å². The largest absolute Gasteiger partial charge is 0.250 e. The van der Waals surface area contributed by atoms with Crippen LogP contribution in [-0.4, -0.2) is 6.67 Å². The molecule has 0 saturated heterocycles. The molecule has 1 aromatic carbocycles. The fraction of sp³-hybridized carbons (Fsp3) is 0.300. The van der Waals surface area contributed by atoms with Gasteiger partial charge in [0.1, 0.15) is 0 Å². The molecule has 0 nitrogen and oxygen atoms in total. The standard InChI is InChI=1S/C10H11ClF/c1-7-3-9(8(2)6-12)5-10(11)4-7/h3-5,8H,2,6H2,1H3. The van der Waals surface area contributed by atoms with Crippen LogP contribution in [0.25, 0.3) is 0 Å². The summed E-state index contributed by atoms with van der Waals surface area (Å²) in [6, 6.07) is 5.50. The Morgan fingerprint density at radius 2 is 2.17 bits per heavy atom. The van der Waals surface area contributed by atoms with Gasteiger partial charge in [0, 0.05) is 10.9 Å². The zero-order valence-corrected chi connectivity index (χ0v) is 7.74. The molecule has 1 radical (unpaired) electrons. The third-order valence-electron chi connectivity index (χ3n) is 1.72. The minimum Gasteiger partial charge on any atom is -0.250 e. The molecule has 0 aromatic heterocycles. The molecule has 1 atom stereocenters. The van der Waals surface area contributed by atoms with Gasteiger partial charge in [-0.1, -0.05) is 17.7 Å². The second-order valence-electron chi connectivity index (χ2n) is 2.91. The molecule has 0 spiro atoms. The Morgan fingerprint density at radius 3 is 2.67 bits per heavy atom. The van der Waals surface area contributed by atoms with E-state index in [4.69, 9.17) is 11.6 Å². The molecule has 0 saturated carbocycles. The maximum absolute atomic E-state index is 12.2. The highest BCUT2D eigenvalue weighted by molar-refractivity contribution is 6.30. The van der Waals surface area contributed by atoms with Crippen molar-refractivity contribution in [2.45, 2.75) is 12.8 Å². The Labute approximate surface area is 77.4 Å². The van der Waals surface area contributed by atoms with Crippen LogP contribution in [-0.2, 0) is 0 Å². The molecule has 0 heterocycles. The molecule has 0 aliphatic rings. The second-order valence-corrected chi connectivity index (χ2v) is 3.35. The van der Waals surface area contributed by atoms with Gasteiger partial charge in [0.15, 0.2) is 0 Å². The summed E-state index contributed by atoms with van der Waals surface area (Å²) in [4.78, 5) is 0. The minimum atomic E-state index is -0.445. The molecule has 2 heteroatoms. The van der Waals surface area contributed by atoms with E-state index in [0.29, 0.717) is 5.02 Å². The molecular formula is C10H11ClF. The average Bonchev–Trinajstić information content (AvgIpc) is 2.01. The van der Waals surface area contributed by atoms with Crippen LogP contribution in [0.1, 0.15) is 17.0 Å². The number of alkyl halides is 1. The fourth-order valence-electron chi connectivity index (χ4n) is 1.09.